The van der Waals surface area contributed by atoms with Gasteiger partial charge in [0.05, 0.1) is 18.8 Å². The number of unbranched alkanes of at least 4 members (excludes halogenated alkanes) is 7. The van der Waals surface area contributed by atoms with Gasteiger partial charge in [-0.15, -0.1) is 0 Å². The van der Waals surface area contributed by atoms with E-state index >= 15 is 0 Å². The molecule has 6 nitrogen and oxygen atoms in total. The van der Waals surface area contributed by atoms with E-state index in [4.69, 9.17) is 14.2 Å². The summed E-state index contributed by atoms with van der Waals surface area (Å²) in [4.78, 5) is 24.2. The van der Waals surface area contributed by atoms with Gasteiger partial charge in [0.15, 0.2) is 6.10 Å². The van der Waals surface area contributed by atoms with E-state index in [-0.39, 0.29) is 31.6 Å². The molecule has 6 heteroatoms. The van der Waals surface area contributed by atoms with Crippen molar-refractivity contribution in [3.05, 3.63) is 60.8 Å². The van der Waals surface area contributed by atoms with Crippen LogP contribution in [0.3, 0.4) is 0 Å². The summed E-state index contributed by atoms with van der Waals surface area (Å²) in [6.45, 7) is 6.27. The highest BCUT2D eigenvalue weighted by Gasteiger charge is 2.35. The highest BCUT2D eigenvalue weighted by atomic mass is 16.6. The van der Waals surface area contributed by atoms with Crippen LogP contribution in [0.15, 0.2) is 60.8 Å². The van der Waals surface area contributed by atoms with E-state index in [1.807, 2.05) is 12.2 Å². The summed E-state index contributed by atoms with van der Waals surface area (Å²) < 4.78 is 16.2. The Morgan fingerprint density at radius 1 is 0.696 bits per heavy atom. The summed E-state index contributed by atoms with van der Waals surface area (Å²) >= 11 is 0. The number of rotatable bonds is 30. The van der Waals surface area contributed by atoms with Gasteiger partial charge < -0.3 is 19.3 Å². The van der Waals surface area contributed by atoms with Gasteiger partial charge in [0.25, 0.3) is 0 Å². The second-order valence-corrected chi connectivity index (χ2v) is 12.6. The normalized spacial score (nSPS) is 18.0. The summed E-state index contributed by atoms with van der Waals surface area (Å²) in [7, 11) is 0. The fourth-order valence-electron chi connectivity index (χ4n) is 5.01. The van der Waals surface area contributed by atoms with Gasteiger partial charge in [-0.3, -0.25) is 9.59 Å². The minimum Gasteiger partial charge on any atom is -0.462 e. The van der Waals surface area contributed by atoms with Crippen LogP contribution in [0.5, 0.6) is 0 Å². The van der Waals surface area contributed by atoms with Crippen molar-refractivity contribution in [2.45, 2.75) is 161 Å². The number of esters is 2. The zero-order chi connectivity index (χ0) is 33.5. The monoisotopic (exact) mass is 642 g/mol. The number of epoxide rings is 1. The molecule has 1 saturated heterocycles. The van der Waals surface area contributed by atoms with Crippen molar-refractivity contribution in [2.75, 3.05) is 13.2 Å². The Morgan fingerprint density at radius 3 is 1.83 bits per heavy atom. The van der Waals surface area contributed by atoms with Gasteiger partial charge in [-0.05, 0) is 57.3 Å². The molecular formula is C40H66O6. The molecule has 4 atom stereocenters. The molecule has 0 spiro atoms. The first-order valence-electron chi connectivity index (χ1n) is 18.4. The summed E-state index contributed by atoms with van der Waals surface area (Å²) in [5, 5.41) is 9.52. The van der Waals surface area contributed by atoms with Crippen LogP contribution >= 0.6 is 0 Å². The topological polar surface area (TPSA) is 85.4 Å². The van der Waals surface area contributed by atoms with Crippen LogP contribution in [-0.4, -0.2) is 48.6 Å². The van der Waals surface area contributed by atoms with Crippen LogP contribution in [0.25, 0.3) is 0 Å². The Morgan fingerprint density at radius 2 is 1.24 bits per heavy atom. The number of aliphatic hydroxyl groups excluding tert-OH is 1. The molecule has 1 aliphatic heterocycles. The van der Waals surface area contributed by atoms with Crippen molar-refractivity contribution in [1.82, 2.24) is 0 Å². The lowest BCUT2D eigenvalue weighted by Crippen LogP contribution is -2.28. The third kappa shape index (κ3) is 25.7. The Bertz CT molecular complexity index is 901. The lowest BCUT2D eigenvalue weighted by atomic mass is 9.99. The summed E-state index contributed by atoms with van der Waals surface area (Å²) in [6, 6.07) is 0. The third-order valence-corrected chi connectivity index (χ3v) is 8.28. The standard InChI is InChI=1S/C40H66O6/c1-4-6-23-29-37-38(46-37)30-25-20-16-11-9-7-8-10-12-17-21-26-31-39(42)44-34-36(33-41)45-40(43)32-27-22-18-14-13-15-19-24-28-35(3)5-2/h6,8-11,17,20-21,23,25,35-38,41H,4-5,7,12-16,18-19,22,24,26-34H2,1-3H3/b10-8-,11-9-,21-17-,23-6-,25-20-/t35?,36-,37?,38?/m0/s1. The lowest BCUT2D eigenvalue weighted by molar-refractivity contribution is -0.161. The molecule has 0 aliphatic carbocycles. The molecule has 1 aliphatic rings. The number of aliphatic hydroxyl groups is 1. The first kappa shape index (κ1) is 41.6. The highest BCUT2D eigenvalue weighted by molar-refractivity contribution is 5.70. The minimum atomic E-state index is -0.805. The van der Waals surface area contributed by atoms with Gasteiger partial charge >= 0.3 is 11.9 Å². The van der Waals surface area contributed by atoms with Gasteiger partial charge in [-0.25, -0.2) is 0 Å². The third-order valence-electron chi connectivity index (χ3n) is 8.28. The average Bonchev–Trinajstić information content (AvgIpc) is 3.81. The molecule has 1 fully saturated rings. The van der Waals surface area contributed by atoms with Crippen LogP contribution in [0, 0.1) is 5.92 Å². The van der Waals surface area contributed by atoms with Crippen molar-refractivity contribution in [3.63, 3.8) is 0 Å². The molecule has 1 heterocycles. The van der Waals surface area contributed by atoms with E-state index in [1.165, 1.54) is 44.9 Å². The molecule has 0 amide bonds. The van der Waals surface area contributed by atoms with Crippen molar-refractivity contribution in [2.24, 2.45) is 5.92 Å². The van der Waals surface area contributed by atoms with E-state index in [0.717, 1.165) is 63.7 Å². The smallest absolute Gasteiger partial charge is 0.306 e. The van der Waals surface area contributed by atoms with Gasteiger partial charge in [-0.2, -0.15) is 0 Å². The summed E-state index contributed by atoms with van der Waals surface area (Å²) in [5.74, 6) is 0.148. The van der Waals surface area contributed by atoms with Crippen LogP contribution in [0.4, 0.5) is 0 Å². The predicted molar refractivity (Wildman–Crippen MR) is 191 cm³/mol. The Labute approximate surface area is 281 Å². The number of hydrogen-bond acceptors (Lipinski definition) is 6. The predicted octanol–water partition coefficient (Wildman–Crippen LogP) is 10.1. The van der Waals surface area contributed by atoms with Gasteiger partial charge in [0.1, 0.15) is 6.61 Å². The molecule has 0 radical (unpaired) electrons. The number of hydrogen-bond donors (Lipinski definition) is 1. The van der Waals surface area contributed by atoms with Crippen LogP contribution in [0.2, 0.25) is 0 Å². The van der Waals surface area contributed by atoms with Crippen LogP contribution in [0.1, 0.15) is 143 Å². The molecule has 0 aromatic carbocycles. The lowest BCUT2D eigenvalue weighted by Gasteiger charge is -2.15. The molecule has 3 unspecified atom stereocenters. The average molecular weight is 643 g/mol. The molecule has 0 bridgehead atoms. The van der Waals surface area contributed by atoms with E-state index in [9.17, 15) is 14.7 Å². The number of ether oxygens (including phenoxy) is 3. The SMILES string of the molecule is CC/C=C\CC1OC1C/C=C\C/C=C\C/C=C\C/C=C\CCC(=O)OC[C@H](CO)OC(=O)CCCCCCCCCCC(C)CC. The first-order valence-corrected chi connectivity index (χ1v) is 18.4. The zero-order valence-corrected chi connectivity index (χ0v) is 29.4. The van der Waals surface area contributed by atoms with Crippen molar-refractivity contribution >= 4 is 11.9 Å². The van der Waals surface area contributed by atoms with E-state index < -0.39 is 6.10 Å². The van der Waals surface area contributed by atoms with Crippen LogP contribution < -0.4 is 0 Å². The molecule has 1 N–H and O–H groups in total. The Hall–Kier alpha value is -2.44. The summed E-state index contributed by atoms with van der Waals surface area (Å²) in [6.07, 6.45) is 40.4. The maximum atomic E-state index is 12.1. The van der Waals surface area contributed by atoms with E-state index in [2.05, 4.69) is 69.4 Å². The molecule has 0 aromatic heterocycles. The first-order chi connectivity index (χ1) is 22.5. The molecule has 46 heavy (non-hydrogen) atoms. The molecule has 262 valence electrons. The fraction of sp³-hybridized carbons (Fsp3) is 0.700. The molecular weight excluding hydrogens is 576 g/mol. The zero-order valence-electron chi connectivity index (χ0n) is 29.4. The number of allylic oxidation sites excluding steroid dienone is 8. The second kappa shape index (κ2) is 29.9. The van der Waals surface area contributed by atoms with E-state index in [1.54, 1.807) is 0 Å². The fourth-order valence-corrected chi connectivity index (χ4v) is 5.01. The van der Waals surface area contributed by atoms with E-state index in [0.29, 0.717) is 25.0 Å². The van der Waals surface area contributed by atoms with Gasteiger partial charge in [0, 0.05) is 12.8 Å². The quantitative estimate of drug-likeness (QED) is 0.0363. The molecule has 1 rings (SSSR count). The Kier molecular flexibility index (Phi) is 27.1. The summed E-state index contributed by atoms with van der Waals surface area (Å²) in [5.41, 5.74) is 0. The molecule has 0 saturated carbocycles. The minimum absolute atomic E-state index is 0.111. The van der Waals surface area contributed by atoms with Crippen molar-refractivity contribution in [1.29, 1.82) is 0 Å². The molecule has 0 aromatic rings. The van der Waals surface area contributed by atoms with Gasteiger partial charge in [0.2, 0.25) is 0 Å². The Balaban J connectivity index is 1.97. The van der Waals surface area contributed by atoms with Crippen molar-refractivity contribution in [3.8, 4) is 0 Å². The number of carbonyl (C=O) groups is 2. The van der Waals surface area contributed by atoms with Crippen molar-refractivity contribution < 1.29 is 28.9 Å². The maximum Gasteiger partial charge on any atom is 0.306 e. The maximum absolute atomic E-state index is 12.1. The van der Waals surface area contributed by atoms with Gasteiger partial charge in [-0.1, -0.05) is 139 Å². The second-order valence-electron chi connectivity index (χ2n) is 12.6. The largest absolute Gasteiger partial charge is 0.462 e. The van der Waals surface area contributed by atoms with Crippen LogP contribution in [-0.2, 0) is 23.8 Å². The number of carbonyl (C=O) groups excluding carboxylic acids is 2. The highest BCUT2D eigenvalue weighted by Crippen LogP contribution is 2.29.